The van der Waals surface area contributed by atoms with Gasteiger partial charge in [-0.2, -0.15) is 0 Å². The van der Waals surface area contributed by atoms with Crippen molar-refractivity contribution in [3.8, 4) is 0 Å². The number of aromatic amines is 1. The zero-order valence-corrected chi connectivity index (χ0v) is 13.3. The highest BCUT2D eigenvalue weighted by Gasteiger charge is 2.28. The maximum atomic E-state index is 12.5. The first kappa shape index (κ1) is 16.0. The van der Waals surface area contributed by atoms with Crippen LogP contribution >= 0.6 is 0 Å². The molecule has 0 aromatic carbocycles. The van der Waals surface area contributed by atoms with Gasteiger partial charge in [-0.25, -0.2) is 0 Å². The van der Waals surface area contributed by atoms with Crippen molar-refractivity contribution in [1.82, 2.24) is 14.8 Å². The minimum Gasteiger partial charge on any atom is -0.379 e. The van der Waals surface area contributed by atoms with Crippen LogP contribution < -0.4 is 5.73 Å². The number of ether oxygens (including phenoxy) is 1. The van der Waals surface area contributed by atoms with E-state index in [1.54, 1.807) is 12.3 Å². The zero-order chi connectivity index (χ0) is 16.2. The molecule has 0 saturated carbocycles. The van der Waals surface area contributed by atoms with Crippen molar-refractivity contribution in [1.29, 1.82) is 0 Å². The van der Waals surface area contributed by atoms with E-state index >= 15 is 0 Å². The number of aromatic nitrogens is 1. The van der Waals surface area contributed by atoms with Crippen LogP contribution in [0.2, 0.25) is 0 Å². The monoisotopic (exact) mass is 320 g/mol. The van der Waals surface area contributed by atoms with Gasteiger partial charge in [-0.05, 0) is 18.9 Å². The predicted molar refractivity (Wildman–Crippen MR) is 85.1 cm³/mol. The van der Waals surface area contributed by atoms with E-state index in [0.29, 0.717) is 31.9 Å². The molecule has 1 aromatic heterocycles. The topological polar surface area (TPSA) is 91.7 Å². The van der Waals surface area contributed by atoms with E-state index in [9.17, 15) is 9.59 Å². The average molecular weight is 320 g/mol. The molecule has 2 saturated heterocycles. The Morgan fingerprint density at radius 3 is 2.83 bits per heavy atom. The zero-order valence-electron chi connectivity index (χ0n) is 13.3. The fourth-order valence-electron chi connectivity index (χ4n) is 3.42. The molecular formula is C16H24N4O3. The number of rotatable bonds is 4. The Kier molecular flexibility index (Phi) is 4.97. The van der Waals surface area contributed by atoms with Gasteiger partial charge in [0.05, 0.1) is 25.3 Å². The van der Waals surface area contributed by atoms with E-state index in [1.807, 2.05) is 4.90 Å². The smallest absolute Gasteiger partial charge is 0.250 e. The summed E-state index contributed by atoms with van der Waals surface area (Å²) in [5.74, 6) is -0.114. The number of carbonyl (C=O) groups is 2. The SMILES string of the molecule is NC(=O)c1cc[nH]c1C1CCCN(C(=O)CN2CCOCC2)C1. The van der Waals surface area contributed by atoms with Crippen LogP contribution in [0.1, 0.15) is 34.8 Å². The van der Waals surface area contributed by atoms with Crippen LogP contribution in [-0.4, -0.2) is 72.5 Å². The maximum absolute atomic E-state index is 12.5. The Morgan fingerprint density at radius 2 is 2.09 bits per heavy atom. The maximum Gasteiger partial charge on any atom is 0.250 e. The van der Waals surface area contributed by atoms with Gasteiger partial charge in [0.15, 0.2) is 0 Å². The third kappa shape index (κ3) is 3.73. The second kappa shape index (κ2) is 7.14. The number of primary amides is 1. The number of nitrogens with two attached hydrogens (primary N) is 1. The van der Waals surface area contributed by atoms with Crippen molar-refractivity contribution in [2.45, 2.75) is 18.8 Å². The number of hydrogen-bond donors (Lipinski definition) is 2. The lowest BCUT2D eigenvalue weighted by atomic mass is 9.92. The van der Waals surface area contributed by atoms with Crippen LogP contribution in [0.4, 0.5) is 0 Å². The minimum atomic E-state index is -0.419. The van der Waals surface area contributed by atoms with E-state index in [4.69, 9.17) is 10.5 Å². The van der Waals surface area contributed by atoms with Gasteiger partial charge in [-0.15, -0.1) is 0 Å². The van der Waals surface area contributed by atoms with Gasteiger partial charge in [0.1, 0.15) is 0 Å². The van der Waals surface area contributed by atoms with Gasteiger partial charge in [0.25, 0.3) is 5.91 Å². The van der Waals surface area contributed by atoms with Crippen LogP contribution in [0.3, 0.4) is 0 Å². The van der Waals surface area contributed by atoms with Gasteiger partial charge in [-0.3, -0.25) is 14.5 Å². The molecule has 3 rings (SSSR count). The largest absolute Gasteiger partial charge is 0.379 e. The van der Waals surface area contributed by atoms with Crippen molar-refractivity contribution >= 4 is 11.8 Å². The molecule has 0 radical (unpaired) electrons. The Balaban J connectivity index is 1.62. The molecule has 0 spiro atoms. The number of carbonyl (C=O) groups excluding carboxylic acids is 2. The number of likely N-dealkylation sites (tertiary alicyclic amines) is 1. The molecule has 23 heavy (non-hydrogen) atoms. The highest BCUT2D eigenvalue weighted by atomic mass is 16.5. The third-order valence-corrected chi connectivity index (χ3v) is 4.69. The van der Waals surface area contributed by atoms with E-state index in [0.717, 1.165) is 38.2 Å². The van der Waals surface area contributed by atoms with Crippen LogP contribution in [0.15, 0.2) is 12.3 Å². The quantitative estimate of drug-likeness (QED) is 0.826. The van der Waals surface area contributed by atoms with Gasteiger partial charge in [0, 0.05) is 44.0 Å². The van der Waals surface area contributed by atoms with Gasteiger partial charge in [0.2, 0.25) is 5.91 Å². The first-order valence-electron chi connectivity index (χ1n) is 8.20. The summed E-state index contributed by atoms with van der Waals surface area (Å²) < 4.78 is 5.31. The Bertz CT molecular complexity index is 565. The van der Waals surface area contributed by atoms with Crippen molar-refractivity contribution in [3.05, 3.63) is 23.5 Å². The van der Waals surface area contributed by atoms with Crippen molar-refractivity contribution in [2.24, 2.45) is 5.73 Å². The summed E-state index contributed by atoms with van der Waals surface area (Å²) >= 11 is 0. The summed E-state index contributed by atoms with van der Waals surface area (Å²) in [5, 5.41) is 0. The fraction of sp³-hybridized carbons (Fsp3) is 0.625. The van der Waals surface area contributed by atoms with Crippen LogP contribution in [0.5, 0.6) is 0 Å². The Morgan fingerprint density at radius 1 is 1.30 bits per heavy atom. The molecule has 2 fully saturated rings. The first-order valence-corrected chi connectivity index (χ1v) is 8.20. The number of piperidine rings is 1. The van der Waals surface area contributed by atoms with Gasteiger partial charge >= 0.3 is 0 Å². The number of hydrogen-bond acceptors (Lipinski definition) is 4. The summed E-state index contributed by atoms with van der Waals surface area (Å²) in [4.78, 5) is 31.2. The molecule has 7 nitrogen and oxygen atoms in total. The molecule has 1 atom stereocenters. The molecule has 0 aliphatic carbocycles. The molecule has 2 aliphatic heterocycles. The molecule has 126 valence electrons. The highest BCUT2D eigenvalue weighted by Crippen LogP contribution is 2.28. The average Bonchev–Trinajstić information content (AvgIpc) is 3.06. The van der Waals surface area contributed by atoms with Crippen molar-refractivity contribution in [3.63, 3.8) is 0 Å². The van der Waals surface area contributed by atoms with Crippen LogP contribution in [0.25, 0.3) is 0 Å². The van der Waals surface area contributed by atoms with Crippen molar-refractivity contribution < 1.29 is 14.3 Å². The van der Waals surface area contributed by atoms with E-state index in [-0.39, 0.29) is 11.8 Å². The number of amides is 2. The summed E-state index contributed by atoms with van der Waals surface area (Å²) in [5.41, 5.74) is 6.83. The lowest BCUT2D eigenvalue weighted by Gasteiger charge is -2.35. The minimum absolute atomic E-state index is 0.148. The highest BCUT2D eigenvalue weighted by molar-refractivity contribution is 5.94. The fourth-order valence-corrected chi connectivity index (χ4v) is 3.42. The molecule has 7 heteroatoms. The van der Waals surface area contributed by atoms with E-state index < -0.39 is 5.91 Å². The molecule has 2 aliphatic rings. The number of nitrogens with one attached hydrogen (secondary N) is 1. The van der Waals surface area contributed by atoms with Crippen LogP contribution in [0, 0.1) is 0 Å². The first-order chi connectivity index (χ1) is 11.1. The second-order valence-electron chi connectivity index (χ2n) is 6.24. The van der Waals surface area contributed by atoms with Gasteiger partial charge in [-0.1, -0.05) is 0 Å². The Hall–Kier alpha value is -1.86. The summed E-state index contributed by atoms with van der Waals surface area (Å²) in [6.45, 7) is 4.89. The van der Waals surface area contributed by atoms with Crippen LogP contribution in [-0.2, 0) is 9.53 Å². The molecule has 2 amide bonds. The molecule has 0 bridgehead atoms. The molecule has 3 N–H and O–H groups in total. The van der Waals surface area contributed by atoms with Crippen molar-refractivity contribution in [2.75, 3.05) is 45.9 Å². The lowest BCUT2D eigenvalue weighted by molar-refractivity contribution is -0.134. The van der Waals surface area contributed by atoms with Gasteiger partial charge < -0.3 is 20.4 Å². The number of H-pyrrole nitrogens is 1. The molecule has 1 aromatic rings. The predicted octanol–water partition coefficient (Wildman–Crippen LogP) is 0.152. The summed E-state index contributed by atoms with van der Waals surface area (Å²) in [7, 11) is 0. The molecule has 3 heterocycles. The normalized spacial score (nSPS) is 23.0. The number of morpholine rings is 1. The van der Waals surface area contributed by atoms with E-state index in [2.05, 4.69) is 9.88 Å². The molecule has 1 unspecified atom stereocenters. The standard InChI is InChI=1S/C16H24N4O3/c17-16(22)13-3-4-18-15(13)12-2-1-5-20(10-12)14(21)11-19-6-8-23-9-7-19/h3-4,12,18H,1-2,5-11H2,(H2,17,22). The molecular weight excluding hydrogens is 296 g/mol. The number of nitrogens with zero attached hydrogens (tertiary/aromatic N) is 2. The summed E-state index contributed by atoms with van der Waals surface area (Å²) in [6, 6.07) is 1.71. The lowest BCUT2D eigenvalue weighted by Crippen LogP contribution is -2.47. The third-order valence-electron chi connectivity index (χ3n) is 4.69. The Labute approximate surface area is 135 Å². The second-order valence-corrected chi connectivity index (χ2v) is 6.24. The van der Waals surface area contributed by atoms with E-state index in [1.165, 1.54) is 0 Å². The summed E-state index contributed by atoms with van der Waals surface area (Å²) in [6.07, 6.45) is 3.64.